The van der Waals surface area contributed by atoms with Crippen molar-refractivity contribution >= 4 is 5.91 Å². The van der Waals surface area contributed by atoms with Gasteiger partial charge in [0, 0.05) is 31.2 Å². The summed E-state index contributed by atoms with van der Waals surface area (Å²) in [7, 11) is 1.65. The SMILES string of the molecule is COc1ccccc1CNC(=O)CN1CCC(NCC2CC2)CC1. The molecule has 0 radical (unpaired) electrons. The summed E-state index contributed by atoms with van der Waals surface area (Å²) in [5, 5.41) is 6.68. The zero-order valence-electron chi connectivity index (χ0n) is 14.6. The Kier molecular flexibility index (Phi) is 6.10. The van der Waals surface area contributed by atoms with E-state index in [0.717, 1.165) is 43.2 Å². The molecule has 2 aliphatic rings. The van der Waals surface area contributed by atoms with Crippen molar-refractivity contribution in [1.29, 1.82) is 0 Å². The summed E-state index contributed by atoms with van der Waals surface area (Å²) in [5.74, 6) is 1.84. The zero-order valence-corrected chi connectivity index (χ0v) is 14.6. The number of hydrogen-bond donors (Lipinski definition) is 2. The molecule has 1 aliphatic carbocycles. The molecule has 5 nitrogen and oxygen atoms in total. The number of methoxy groups -OCH3 is 1. The predicted octanol–water partition coefficient (Wildman–Crippen LogP) is 1.78. The average molecular weight is 331 g/mol. The number of carbonyl (C=O) groups excluding carboxylic acids is 1. The number of piperidine rings is 1. The first-order valence-corrected chi connectivity index (χ1v) is 9.09. The van der Waals surface area contributed by atoms with Crippen LogP contribution in [0.3, 0.4) is 0 Å². The van der Waals surface area contributed by atoms with E-state index in [9.17, 15) is 4.79 Å². The molecule has 0 unspecified atom stereocenters. The van der Waals surface area contributed by atoms with Crippen molar-refractivity contribution in [2.75, 3.05) is 33.3 Å². The Morgan fingerprint density at radius 2 is 1.96 bits per heavy atom. The molecule has 1 aliphatic heterocycles. The second-order valence-electron chi connectivity index (χ2n) is 6.99. The van der Waals surface area contributed by atoms with E-state index in [0.29, 0.717) is 19.1 Å². The van der Waals surface area contributed by atoms with Crippen molar-refractivity contribution in [3.63, 3.8) is 0 Å². The third kappa shape index (κ3) is 5.21. The molecule has 1 amide bonds. The van der Waals surface area contributed by atoms with Crippen molar-refractivity contribution in [3.05, 3.63) is 29.8 Å². The number of likely N-dealkylation sites (tertiary alicyclic amines) is 1. The largest absolute Gasteiger partial charge is 0.496 e. The third-order valence-electron chi connectivity index (χ3n) is 5.02. The number of nitrogens with zero attached hydrogens (tertiary/aromatic N) is 1. The van der Waals surface area contributed by atoms with Crippen molar-refractivity contribution in [2.45, 2.75) is 38.3 Å². The Morgan fingerprint density at radius 3 is 2.67 bits per heavy atom. The highest BCUT2D eigenvalue weighted by Crippen LogP contribution is 2.28. The van der Waals surface area contributed by atoms with E-state index in [4.69, 9.17) is 4.74 Å². The molecule has 1 aromatic rings. The van der Waals surface area contributed by atoms with Gasteiger partial charge in [0.25, 0.3) is 0 Å². The number of ether oxygens (including phenoxy) is 1. The average Bonchev–Trinajstić information content (AvgIpc) is 3.44. The van der Waals surface area contributed by atoms with E-state index >= 15 is 0 Å². The molecule has 0 aromatic heterocycles. The van der Waals surface area contributed by atoms with Crippen LogP contribution in [-0.4, -0.2) is 50.1 Å². The molecule has 3 rings (SSSR count). The lowest BCUT2D eigenvalue weighted by Crippen LogP contribution is -2.46. The first kappa shape index (κ1) is 17.2. The highest BCUT2D eigenvalue weighted by molar-refractivity contribution is 5.78. The summed E-state index contributed by atoms with van der Waals surface area (Å²) in [6.07, 6.45) is 5.09. The minimum Gasteiger partial charge on any atom is -0.496 e. The van der Waals surface area contributed by atoms with E-state index in [2.05, 4.69) is 15.5 Å². The molecule has 2 N–H and O–H groups in total. The fourth-order valence-electron chi connectivity index (χ4n) is 3.25. The number of benzene rings is 1. The molecule has 1 saturated heterocycles. The molecule has 2 fully saturated rings. The van der Waals surface area contributed by atoms with Crippen LogP contribution in [0.2, 0.25) is 0 Å². The molecule has 0 spiro atoms. The second kappa shape index (κ2) is 8.49. The maximum absolute atomic E-state index is 12.2. The van der Waals surface area contributed by atoms with Crippen LogP contribution in [0.25, 0.3) is 0 Å². The summed E-state index contributed by atoms with van der Waals surface area (Å²) in [6, 6.07) is 8.44. The summed E-state index contributed by atoms with van der Waals surface area (Å²) in [4.78, 5) is 14.4. The standard InChI is InChI=1S/C19H29N3O2/c1-24-18-5-3-2-4-16(18)13-21-19(23)14-22-10-8-17(9-11-22)20-12-15-6-7-15/h2-5,15,17,20H,6-14H2,1H3,(H,21,23). The molecule has 1 heterocycles. The number of rotatable bonds is 8. The highest BCUT2D eigenvalue weighted by atomic mass is 16.5. The van der Waals surface area contributed by atoms with Crippen LogP contribution >= 0.6 is 0 Å². The van der Waals surface area contributed by atoms with Gasteiger partial charge in [-0.3, -0.25) is 9.69 Å². The topological polar surface area (TPSA) is 53.6 Å². The monoisotopic (exact) mass is 331 g/mol. The van der Waals surface area contributed by atoms with E-state index < -0.39 is 0 Å². The van der Waals surface area contributed by atoms with Gasteiger partial charge in [0.2, 0.25) is 5.91 Å². The van der Waals surface area contributed by atoms with Gasteiger partial charge in [-0.25, -0.2) is 0 Å². The fraction of sp³-hybridized carbons (Fsp3) is 0.632. The van der Waals surface area contributed by atoms with Gasteiger partial charge in [-0.1, -0.05) is 18.2 Å². The van der Waals surface area contributed by atoms with Crippen LogP contribution in [0, 0.1) is 5.92 Å². The lowest BCUT2D eigenvalue weighted by Gasteiger charge is -2.32. The van der Waals surface area contributed by atoms with Gasteiger partial charge in [-0.15, -0.1) is 0 Å². The highest BCUT2D eigenvalue weighted by Gasteiger charge is 2.24. The Balaban J connectivity index is 1.35. The molecular formula is C19H29N3O2. The Bertz CT molecular complexity index is 537. The van der Waals surface area contributed by atoms with Crippen LogP contribution in [0.4, 0.5) is 0 Å². The third-order valence-corrected chi connectivity index (χ3v) is 5.02. The van der Waals surface area contributed by atoms with Crippen molar-refractivity contribution in [3.8, 4) is 5.75 Å². The smallest absolute Gasteiger partial charge is 0.234 e. The first-order valence-electron chi connectivity index (χ1n) is 9.09. The van der Waals surface area contributed by atoms with Crippen LogP contribution in [0.15, 0.2) is 24.3 Å². The van der Waals surface area contributed by atoms with Gasteiger partial charge in [-0.2, -0.15) is 0 Å². The first-order chi connectivity index (χ1) is 11.7. The summed E-state index contributed by atoms with van der Waals surface area (Å²) >= 11 is 0. The second-order valence-corrected chi connectivity index (χ2v) is 6.99. The lowest BCUT2D eigenvalue weighted by atomic mass is 10.0. The summed E-state index contributed by atoms with van der Waals surface area (Å²) in [6.45, 7) is 4.20. The molecule has 0 bridgehead atoms. The Morgan fingerprint density at radius 1 is 1.21 bits per heavy atom. The molecular weight excluding hydrogens is 302 g/mol. The molecule has 132 valence electrons. The number of amides is 1. The van der Waals surface area contributed by atoms with Gasteiger partial charge in [0.05, 0.1) is 13.7 Å². The summed E-state index contributed by atoms with van der Waals surface area (Å²) in [5.41, 5.74) is 1.01. The van der Waals surface area contributed by atoms with Crippen molar-refractivity contribution in [1.82, 2.24) is 15.5 Å². The Labute approximate surface area is 144 Å². The van der Waals surface area contributed by atoms with E-state index in [1.807, 2.05) is 24.3 Å². The van der Waals surface area contributed by atoms with Gasteiger partial charge < -0.3 is 15.4 Å². The number of carbonyl (C=O) groups is 1. The van der Waals surface area contributed by atoms with Gasteiger partial charge >= 0.3 is 0 Å². The minimum absolute atomic E-state index is 0.0882. The normalized spacial score (nSPS) is 19.2. The summed E-state index contributed by atoms with van der Waals surface area (Å²) < 4.78 is 5.31. The van der Waals surface area contributed by atoms with Crippen molar-refractivity contribution in [2.24, 2.45) is 5.92 Å². The lowest BCUT2D eigenvalue weighted by molar-refractivity contribution is -0.122. The maximum atomic E-state index is 12.2. The predicted molar refractivity (Wildman–Crippen MR) is 95.0 cm³/mol. The minimum atomic E-state index is 0.0882. The number of para-hydroxylation sites is 1. The molecule has 24 heavy (non-hydrogen) atoms. The van der Waals surface area contributed by atoms with E-state index in [1.165, 1.54) is 19.4 Å². The Hall–Kier alpha value is -1.59. The van der Waals surface area contributed by atoms with Crippen LogP contribution in [-0.2, 0) is 11.3 Å². The molecule has 5 heteroatoms. The molecule has 0 atom stereocenters. The van der Waals surface area contributed by atoms with Gasteiger partial charge in [0.15, 0.2) is 0 Å². The molecule has 1 aromatic carbocycles. The zero-order chi connectivity index (χ0) is 16.8. The van der Waals surface area contributed by atoms with Crippen molar-refractivity contribution < 1.29 is 9.53 Å². The number of hydrogen-bond acceptors (Lipinski definition) is 4. The number of nitrogens with one attached hydrogen (secondary N) is 2. The quantitative estimate of drug-likeness (QED) is 0.762. The van der Waals surface area contributed by atoms with Gasteiger partial charge in [0.1, 0.15) is 5.75 Å². The maximum Gasteiger partial charge on any atom is 0.234 e. The van der Waals surface area contributed by atoms with E-state index in [1.54, 1.807) is 7.11 Å². The van der Waals surface area contributed by atoms with Crippen LogP contribution < -0.4 is 15.4 Å². The van der Waals surface area contributed by atoms with E-state index in [-0.39, 0.29) is 5.91 Å². The van der Waals surface area contributed by atoms with Crippen LogP contribution in [0.1, 0.15) is 31.2 Å². The van der Waals surface area contributed by atoms with Gasteiger partial charge in [-0.05, 0) is 44.2 Å². The van der Waals surface area contributed by atoms with Crippen LogP contribution in [0.5, 0.6) is 5.75 Å². The molecule has 1 saturated carbocycles. The fourth-order valence-corrected chi connectivity index (χ4v) is 3.25.